The molecule has 0 fully saturated rings. The van der Waals surface area contributed by atoms with Gasteiger partial charge < -0.3 is 24.9 Å². The van der Waals surface area contributed by atoms with Crippen LogP contribution in [0, 0.1) is 0 Å². The molecule has 0 bridgehead atoms. The first-order valence-electron chi connectivity index (χ1n) is 10.3. The summed E-state index contributed by atoms with van der Waals surface area (Å²) in [4.78, 5) is 7.83. The van der Waals surface area contributed by atoms with Gasteiger partial charge in [-0.3, -0.25) is 10.7 Å². The Labute approximate surface area is 180 Å². The number of rotatable bonds is 6. The first kappa shape index (κ1) is 19.3. The zero-order valence-corrected chi connectivity index (χ0v) is 17.6. The van der Waals surface area contributed by atoms with Crippen molar-refractivity contribution in [2.24, 2.45) is 17.8 Å². The average molecular weight is 415 g/mol. The van der Waals surface area contributed by atoms with Gasteiger partial charge in [-0.15, -0.1) is 0 Å². The number of ether oxygens (including phenoxy) is 1. The van der Waals surface area contributed by atoms with E-state index >= 15 is 0 Å². The average Bonchev–Trinajstić information content (AvgIpc) is 3.35. The van der Waals surface area contributed by atoms with Crippen molar-refractivity contribution in [3.8, 4) is 5.75 Å². The summed E-state index contributed by atoms with van der Waals surface area (Å²) in [7, 11) is 3.72. The first-order chi connectivity index (χ1) is 15.0. The fraction of sp³-hybridized carbons (Fsp3) is 0.208. The van der Waals surface area contributed by atoms with Crippen LogP contribution in [0.1, 0.15) is 12.0 Å². The first-order valence-corrected chi connectivity index (χ1v) is 10.3. The number of nitrogens with two attached hydrogens (primary N) is 1. The number of anilines is 1. The number of benzene rings is 2. The number of allylic oxidation sites excluding steroid dienone is 1. The Morgan fingerprint density at radius 3 is 2.97 bits per heavy atom. The maximum absolute atomic E-state index is 6.59. The molecule has 1 aliphatic heterocycles. The number of hydrogen-bond donors (Lipinski definition) is 4. The van der Waals surface area contributed by atoms with Crippen LogP contribution in [0.4, 0.5) is 5.69 Å². The highest BCUT2D eigenvalue weighted by Gasteiger charge is 2.26. The molecule has 1 unspecified atom stereocenters. The summed E-state index contributed by atoms with van der Waals surface area (Å²) in [6.07, 6.45) is 9.17. The standard InChI is InChI=1S/C24H26N6O/c1-30-12-9-16-3-4-18(13-22(16)30)28-23-8-11-27-24(25,29-23)10-7-17-15-26-21-6-5-19(31-2)14-20(17)21/h3-6,8-9,11-15,26,28-29H,7,10,25H2,1-2H3. The molecular weight excluding hydrogens is 388 g/mol. The summed E-state index contributed by atoms with van der Waals surface area (Å²) in [6, 6.07) is 14.4. The topological polar surface area (TPSA) is 92.4 Å². The molecule has 1 atom stereocenters. The smallest absolute Gasteiger partial charge is 0.183 e. The Kier molecular flexibility index (Phi) is 4.67. The van der Waals surface area contributed by atoms with Gasteiger partial charge in [-0.2, -0.15) is 0 Å². The largest absolute Gasteiger partial charge is 0.497 e. The van der Waals surface area contributed by atoms with Gasteiger partial charge in [0.1, 0.15) is 11.6 Å². The SMILES string of the molecule is COc1ccc2[nH]cc(CCC3(N)N=CC=C(Nc4ccc5ccn(C)c5c4)N3)c2c1. The molecule has 7 nitrogen and oxygen atoms in total. The number of nitrogens with zero attached hydrogens (tertiary/aromatic N) is 2. The molecule has 2 aromatic heterocycles. The summed E-state index contributed by atoms with van der Waals surface area (Å²) < 4.78 is 7.47. The summed E-state index contributed by atoms with van der Waals surface area (Å²) in [5.41, 5.74) is 11.0. The summed E-state index contributed by atoms with van der Waals surface area (Å²) >= 11 is 0. The molecule has 0 amide bonds. The predicted octanol–water partition coefficient (Wildman–Crippen LogP) is 3.84. The Morgan fingerprint density at radius 1 is 1.19 bits per heavy atom. The third-order valence-corrected chi connectivity index (χ3v) is 5.81. The van der Waals surface area contributed by atoms with Gasteiger partial charge in [-0.05, 0) is 59.8 Å². The van der Waals surface area contributed by atoms with Gasteiger partial charge in [-0.1, -0.05) is 6.07 Å². The van der Waals surface area contributed by atoms with Crippen LogP contribution in [0.5, 0.6) is 5.75 Å². The minimum absolute atomic E-state index is 0.642. The molecule has 4 aromatic rings. The molecule has 1 aliphatic rings. The van der Waals surface area contributed by atoms with E-state index in [1.807, 2.05) is 31.5 Å². The highest BCUT2D eigenvalue weighted by molar-refractivity contribution is 5.85. The zero-order chi connectivity index (χ0) is 21.4. The molecule has 5 rings (SSSR count). The predicted molar refractivity (Wildman–Crippen MR) is 126 cm³/mol. The third kappa shape index (κ3) is 3.75. The molecule has 0 aliphatic carbocycles. The molecule has 2 aromatic carbocycles. The van der Waals surface area contributed by atoms with Crippen molar-refractivity contribution < 1.29 is 4.74 Å². The Bertz CT molecular complexity index is 1310. The molecule has 7 heteroatoms. The fourth-order valence-corrected chi connectivity index (χ4v) is 4.06. The number of methoxy groups -OCH3 is 1. The van der Waals surface area contributed by atoms with E-state index in [0.29, 0.717) is 6.42 Å². The number of hydrogen-bond acceptors (Lipinski definition) is 5. The Hall–Kier alpha value is -3.71. The lowest BCUT2D eigenvalue weighted by molar-refractivity contribution is 0.356. The van der Waals surface area contributed by atoms with Gasteiger partial charge in [0, 0.05) is 54.2 Å². The van der Waals surface area contributed by atoms with Crippen molar-refractivity contribution in [1.82, 2.24) is 14.9 Å². The van der Waals surface area contributed by atoms with Crippen molar-refractivity contribution >= 4 is 33.7 Å². The lowest BCUT2D eigenvalue weighted by Crippen LogP contribution is -2.54. The van der Waals surface area contributed by atoms with Gasteiger partial charge in [0.2, 0.25) is 0 Å². The molecule has 158 valence electrons. The monoisotopic (exact) mass is 414 g/mol. The molecule has 0 saturated carbocycles. The van der Waals surface area contributed by atoms with E-state index in [-0.39, 0.29) is 0 Å². The van der Waals surface area contributed by atoms with Gasteiger partial charge in [0.25, 0.3) is 0 Å². The number of aryl methyl sites for hydroxylation is 2. The molecule has 0 radical (unpaired) electrons. The van der Waals surface area contributed by atoms with Gasteiger partial charge >= 0.3 is 0 Å². The lowest BCUT2D eigenvalue weighted by Gasteiger charge is -2.31. The van der Waals surface area contributed by atoms with Crippen LogP contribution in [0.15, 0.2) is 71.7 Å². The molecule has 0 spiro atoms. The summed E-state index contributed by atoms with van der Waals surface area (Å²) in [6.45, 7) is 0. The number of fused-ring (bicyclic) bond motifs is 2. The van der Waals surface area contributed by atoms with E-state index in [1.165, 1.54) is 16.5 Å². The van der Waals surface area contributed by atoms with Crippen LogP contribution in [0.2, 0.25) is 0 Å². The number of aromatic nitrogens is 2. The van der Waals surface area contributed by atoms with Gasteiger partial charge in [-0.25, -0.2) is 0 Å². The number of aliphatic imine (C=N–C) groups is 1. The van der Waals surface area contributed by atoms with Crippen LogP contribution in [0.3, 0.4) is 0 Å². The minimum Gasteiger partial charge on any atom is -0.497 e. The summed E-state index contributed by atoms with van der Waals surface area (Å²) in [5, 5.41) is 9.14. The van der Waals surface area contributed by atoms with E-state index < -0.39 is 5.79 Å². The Morgan fingerprint density at radius 2 is 2.10 bits per heavy atom. The van der Waals surface area contributed by atoms with Crippen LogP contribution in [-0.4, -0.2) is 28.7 Å². The van der Waals surface area contributed by atoms with E-state index in [2.05, 4.69) is 61.7 Å². The number of aromatic amines is 1. The fourth-order valence-electron chi connectivity index (χ4n) is 4.06. The molecule has 3 heterocycles. The van der Waals surface area contributed by atoms with E-state index in [1.54, 1.807) is 13.3 Å². The van der Waals surface area contributed by atoms with Crippen LogP contribution < -0.4 is 21.1 Å². The molecule has 31 heavy (non-hydrogen) atoms. The molecule has 5 N–H and O–H groups in total. The maximum Gasteiger partial charge on any atom is 0.183 e. The maximum atomic E-state index is 6.59. The zero-order valence-electron chi connectivity index (χ0n) is 17.6. The van der Waals surface area contributed by atoms with Gasteiger partial charge in [0.15, 0.2) is 5.79 Å². The normalized spacial score (nSPS) is 18.2. The van der Waals surface area contributed by atoms with Crippen molar-refractivity contribution in [3.63, 3.8) is 0 Å². The minimum atomic E-state index is -0.880. The van der Waals surface area contributed by atoms with Gasteiger partial charge in [0.05, 0.1) is 7.11 Å². The quantitative estimate of drug-likeness (QED) is 0.386. The Balaban J connectivity index is 1.29. The van der Waals surface area contributed by atoms with Crippen molar-refractivity contribution in [2.75, 3.05) is 12.4 Å². The second-order valence-corrected chi connectivity index (χ2v) is 7.96. The van der Waals surface area contributed by atoms with E-state index in [9.17, 15) is 0 Å². The van der Waals surface area contributed by atoms with E-state index in [0.717, 1.165) is 34.6 Å². The second-order valence-electron chi connectivity index (χ2n) is 7.96. The van der Waals surface area contributed by atoms with E-state index in [4.69, 9.17) is 10.5 Å². The van der Waals surface area contributed by atoms with Crippen LogP contribution in [0.25, 0.3) is 21.8 Å². The molecule has 0 saturated heterocycles. The molecular formula is C24H26N6O. The number of nitrogens with one attached hydrogen (secondary N) is 3. The van der Waals surface area contributed by atoms with Crippen LogP contribution >= 0.6 is 0 Å². The van der Waals surface area contributed by atoms with Crippen molar-refractivity contribution in [2.45, 2.75) is 18.6 Å². The van der Waals surface area contributed by atoms with Crippen molar-refractivity contribution in [1.29, 1.82) is 0 Å². The number of H-pyrrole nitrogens is 1. The second kappa shape index (κ2) is 7.52. The van der Waals surface area contributed by atoms with Crippen LogP contribution in [-0.2, 0) is 13.5 Å². The summed E-state index contributed by atoms with van der Waals surface area (Å²) in [5.74, 6) is 0.787. The third-order valence-electron chi connectivity index (χ3n) is 5.81. The highest BCUT2D eigenvalue weighted by Crippen LogP contribution is 2.26. The lowest BCUT2D eigenvalue weighted by atomic mass is 10.0. The van der Waals surface area contributed by atoms with Crippen molar-refractivity contribution in [3.05, 3.63) is 72.3 Å². The highest BCUT2D eigenvalue weighted by atomic mass is 16.5.